The number of ether oxygens (including phenoxy) is 1. The monoisotopic (exact) mass is 253 g/mol. The molecule has 2 N–H and O–H groups in total. The first-order chi connectivity index (χ1) is 8.56. The van der Waals surface area contributed by atoms with Crippen molar-refractivity contribution >= 4 is 5.69 Å². The molecule has 0 saturated heterocycles. The van der Waals surface area contributed by atoms with Crippen molar-refractivity contribution in [2.45, 2.75) is 6.43 Å². The van der Waals surface area contributed by atoms with Gasteiger partial charge in [0.1, 0.15) is 17.3 Å². The van der Waals surface area contributed by atoms with Crippen LogP contribution in [-0.2, 0) is 0 Å². The highest BCUT2D eigenvalue weighted by Gasteiger charge is 2.15. The van der Waals surface area contributed by atoms with Gasteiger partial charge in [0.15, 0.2) is 0 Å². The van der Waals surface area contributed by atoms with Gasteiger partial charge in [0.05, 0.1) is 5.56 Å². The fraction of sp³-hybridized carbons (Fsp3) is 0.0769. The van der Waals surface area contributed by atoms with Crippen LogP contribution in [0.15, 0.2) is 42.5 Å². The van der Waals surface area contributed by atoms with E-state index in [2.05, 4.69) is 0 Å². The molecule has 0 heterocycles. The van der Waals surface area contributed by atoms with E-state index in [1.807, 2.05) is 0 Å². The van der Waals surface area contributed by atoms with Gasteiger partial charge in [-0.25, -0.2) is 13.2 Å². The lowest BCUT2D eigenvalue weighted by Gasteiger charge is -2.11. The lowest BCUT2D eigenvalue weighted by atomic mass is 10.2. The smallest absolute Gasteiger partial charge is 0.267 e. The van der Waals surface area contributed by atoms with Crippen molar-refractivity contribution in [2.24, 2.45) is 0 Å². The Morgan fingerprint density at radius 3 is 2.28 bits per heavy atom. The van der Waals surface area contributed by atoms with E-state index in [1.165, 1.54) is 36.4 Å². The van der Waals surface area contributed by atoms with Gasteiger partial charge in [-0.05, 0) is 42.5 Å². The van der Waals surface area contributed by atoms with Crippen LogP contribution in [-0.4, -0.2) is 0 Å². The Kier molecular flexibility index (Phi) is 3.41. The molecular formula is C13H10F3NO. The molecule has 2 aromatic rings. The van der Waals surface area contributed by atoms with E-state index < -0.39 is 12.2 Å². The van der Waals surface area contributed by atoms with Gasteiger partial charge in [-0.3, -0.25) is 0 Å². The Bertz CT molecular complexity index is 540. The van der Waals surface area contributed by atoms with Gasteiger partial charge < -0.3 is 10.5 Å². The highest BCUT2D eigenvalue weighted by atomic mass is 19.3. The number of alkyl halides is 2. The highest BCUT2D eigenvalue weighted by molar-refractivity contribution is 5.49. The molecule has 2 nitrogen and oxygen atoms in total. The minimum atomic E-state index is -2.69. The molecule has 0 aromatic heterocycles. The molecule has 0 fully saturated rings. The molecule has 0 unspecified atom stereocenters. The second-order valence-electron chi connectivity index (χ2n) is 3.65. The van der Waals surface area contributed by atoms with Crippen molar-refractivity contribution in [3.63, 3.8) is 0 Å². The second-order valence-corrected chi connectivity index (χ2v) is 3.65. The highest BCUT2D eigenvalue weighted by Crippen LogP contribution is 2.33. The van der Waals surface area contributed by atoms with Crippen molar-refractivity contribution < 1.29 is 17.9 Å². The number of hydrogen-bond acceptors (Lipinski definition) is 2. The van der Waals surface area contributed by atoms with E-state index in [-0.39, 0.29) is 22.7 Å². The van der Waals surface area contributed by atoms with Gasteiger partial charge in [0.25, 0.3) is 6.43 Å². The molecule has 2 aromatic carbocycles. The minimum Gasteiger partial charge on any atom is -0.457 e. The van der Waals surface area contributed by atoms with Crippen LogP contribution in [0.2, 0.25) is 0 Å². The minimum absolute atomic E-state index is 0.00538. The van der Waals surface area contributed by atoms with Gasteiger partial charge in [-0.15, -0.1) is 0 Å². The Morgan fingerprint density at radius 1 is 1.00 bits per heavy atom. The summed E-state index contributed by atoms with van der Waals surface area (Å²) < 4.78 is 43.5. The maximum Gasteiger partial charge on any atom is 0.267 e. The molecule has 0 atom stereocenters. The van der Waals surface area contributed by atoms with E-state index in [9.17, 15) is 13.2 Å². The van der Waals surface area contributed by atoms with Crippen molar-refractivity contribution in [2.75, 3.05) is 5.73 Å². The van der Waals surface area contributed by atoms with Gasteiger partial charge in [0, 0.05) is 5.69 Å². The molecule has 0 spiro atoms. The summed E-state index contributed by atoms with van der Waals surface area (Å²) in [6, 6.07) is 9.08. The molecule has 0 radical (unpaired) electrons. The third kappa shape index (κ3) is 2.74. The van der Waals surface area contributed by atoms with Crippen LogP contribution in [0.3, 0.4) is 0 Å². The summed E-state index contributed by atoms with van der Waals surface area (Å²) in [4.78, 5) is 0. The predicted octanol–water partition coefficient (Wildman–Crippen LogP) is 4.14. The van der Waals surface area contributed by atoms with Crippen LogP contribution >= 0.6 is 0 Å². The zero-order chi connectivity index (χ0) is 13.1. The standard InChI is InChI=1S/C13H10F3NO/c14-8-1-4-10(5-2-8)18-12-6-3-9(17)7-11(12)13(15)16/h1-7,13H,17H2. The molecule has 0 saturated carbocycles. The summed E-state index contributed by atoms with van der Waals surface area (Å²) in [6.07, 6.45) is -2.69. The molecule has 0 amide bonds. The van der Waals surface area contributed by atoms with Crippen LogP contribution in [0.5, 0.6) is 11.5 Å². The van der Waals surface area contributed by atoms with Crippen molar-refractivity contribution in [3.8, 4) is 11.5 Å². The van der Waals surface area contributed by atoms with Crippen molar-refractivity contribution in [1.29, 1.82) is 0 Å². The fourth-order valence-electron chi connectivity index (χ4n) is 1.46. The molecule has 2 rings (SSSR count). The summed E-state index contributed by atoms with van der Waals surface area (Å²) in [6.45, 7) is 0. The number of nitrogens with two attached hydrogens (primary N) is 1. The maximum absolute atomic E-state index is 12.8. The van der Waals surface area contributed by atoms with E-state index in [4.69, 9.17) is 10.5 Å². The zero-order valence-corrected chi connectivity index (χ0v) is 9.24. The summed E-state index contributed by atoms with van der Waals surface area (Å²) in [5.74, 6) is -0.136. The van der Waals surface area contributed by atoms with Gasteiger partial charge in [-0.1, -0.05) is 0 Å². The van der Waals surface area contributed by atoms with Crippen LogP contribution in [0.4, 0.5) is 18.9 Å². The number of anilines is 1. The number of benzene rings is 2. The first-order valence-corrected chi connectivity index (χ1v) is 5.17. The number of rotatable bonds is 3. The molecular weight excluding hydrogens is 243 g/mol. The van der Waals surface area contributed by atoms with Gasteiger partial charge in [0.2, 0.25) is 0 Å². The lowest BCUT2D eigenvalue weighted by molar-refractivity contribution is 0.148. The third-order valence-corrected chi connectivity index (χ3v) is 2.31. The average Bonchev–Trinajstić information content (AvgIpc) is 2.34. The molecule has 0 aliphatic heterocycles. The molecule has 0 aliphatic rings. The molecule has 5 heteroatoms. The summed E-state index contributed by atoms with van der Waals surface area (Å²) in [5.41, 5.74) is 5.38. The number of hydrogen-bond donors (Lipinski definition) is 1. The van der Waals surface area contributed by atoms with Crippen LogP contribution in [0, 0.1) is 5.82 Å². The number of nitrogen functional groups attached to an aromatic ring is 1. The normalized spacial score (nSPS) is 10.7. The van der Waals surface area contributed by atoms with E-state index in [1.54, 1.807) is 0 Å². The van der Waals surface area contributed by atoms with E-state index in [0.717, 1.165) is 6.07 Å². The average molecular weight is 253 g/mol. The van der Waals surface area contributed by atoms with Crippen LogP contribution in [0.1, 0.15) is 12.0 Å². The first kappa shape index (κ1) is 12.3. The Labute approximate surface area is 102 Å². The van der Waals surface area contributed by atoms with Crippen molar-refractivity contribution in [3.05, 3.63) is 53.8 Å². The SMILES string of the molecule is Nc1ccc(Oc2ccc(F)cc2)c(C(F)F)c1. The predicted molar refractivity (Wildman–Crippen MR) is 62.3 cm³/mol. The summed E-state index contributed by atoms with van der Waals surface area (Å²) in [7, 11) is 0. The second kappa shape index (κ2) is 5.00. The van der Waals surface area contributed by atoms with Gasteiger partial charge in [-0.2, -0.15) is 0 Å². The third-order valence-electron chi connectivity index (χ3n) is 2.31. The van der Waals surface area contributed by atoms with Gasteiger partial charge >= 0.3 is 0 Å². The summed E-state index contributed by atoms with van der Waals surface area (Å²) in [5, 5.41) is 0. The number of halogens is 3. The Balaban J connectivity index is 2.31. The zero-order valence-electron chi connectivity index (χ0n) is 9.24. The first-order valence-electron chi connectivity index (χ1n) is 5.17. The Hall–Kier alpha value is -2.17. The van der Waals surface area contributed by atoms with Crippen LogP contribution < -0.4 is 10.5 Å². The van der Waals surface area contributed by atoms with Crippen LogP contribution in [0.25, 0.3) is 0 Å². The maximum atomic E-state index is 12.8. The quantitative estimate of drug-likeness (QED) is 0.834. The molecule has 0 bridgehead atoms. The van der Waals surface area contributed by atoms with E-state index in [0.29, 0.717) is 0 Å². The van der Waals surface area contributed by atoms with Crippen molar-refractivity contribution in [1.82, 2.24) is 0 Å². The molecule has 0 aliphatic carbocycles. The molecule has 18 heavy (non-hydrogen) atoms. The van der Waals surface area contributed by atoms with E-state index >= 15 is 0 Å². The Morgan fingerprint density at radius 2 is 1.67 bits per heavy atom. The topological polar surface area (TPSA) is 35.2 Å². The largest absolute Gasteiger partial charge is 0.457 e. The molecule has 94 valence electrons. The lowest BCUT2D eigenvalue weighted by Crippen LogP contribution is -1.95. The summed E-state index contributed by atoms with van der Waals surface area (Å²) >= 11 is 0. The fourth-order valence-corrected chi connectivity index (χ4v) is 1.46.